The number of aromatic nitrogens is 4. The third kappa shape index (κ3) is 4.81. The van der Waals surface area contributed by atoms with Crippen molar-refractivity contribution in [2.75, 3.05) is 22.1 Å². The monoisotopic (exact) mass is 517 g/mol. The smallest absolute Gasteiger partial charge is 0.229 e. The van der Waals surface area contributed by atoms with Gasteiger partial charge in [-0.3, -0.25) is 14.2 Å². The average Bonchev–Trinajstić information content (AvgIpc) is 3.51. The molecule has 170 valence electrons. The molecule has 0 aliphatic carbocycles. The van der Waals surface area contributed by atoms with Gasteiger partial charge in [0.2, 0.25) is 11.8 Å². The van der Waals surface area contributed by atoms with Crippen LogP contribution in [0, 0.1) is 5.92 Å². The zero-order chi connectivity index (χ0) is 23.5. The number of hydrogen-bond donors (Lipinski definition) is 2. The van der Waals surface area contributed by atoms with Gasteiger partial charge in [-0.15, -0.1) is 0 Å². The zero-order valence-corrected chi connectivity index (χ0v) is 19.5. The van der Waals surface area contributed by atoms with Crippen LogP contribution in [0.3, 0.4) is 0 Å². The topological polar surface area (TPSA) is 105 Å². The second kappa shape index (κ2) is 9.44. The highest BCUT2D eigenvalue weighted by Gasteiger charge is 2.35. The van der Waals surface area contributed by atoms with Crippen LogP contribution in [0.15, 0.2) is 84.1 Å². The number of amides is 2. The van der Waals surface area contributed by atoms with Crippen molar-refractivity contribution in [1.82, 2.24) is 19.5 Å². The number of halogens is 1. The summed E-state index contributed by atoms with van der Waals surface area (Å²) in [6, 6.07) is 16.6. The van der Waals surface area contributed by atoms with Crippen LogP contribution in [0.1, 0.15) is 6.42 Å². The van der Waals surface area contributed by atoms with Crippen molar-refractivity contribution in [1.29, 1.82) is 0 Å². The molecule has 4 aromatic rings. The molecular weight excluding hydrogens is 498 g/mol. The molecule has 10 heteroatoms. The van der Waals surface area contributed by atoms with Crippen molar-refractivity contribution in [2.45, 2.75) is 6.42 Å². The Balaban J connectivity index is 1.20. The summed E-state index contributed by atoms with van der Waals surface area (Å²) < 4.78 is 2.68. The molecule has 2 aromatic heterocycles. The average molecular weight is 518 g/mol. The zero-order valence-electron chi connectivity index (χ0n) is 17.9. The summed E-state index contributed by atoms with van der Waals surface area (Å²) in [6.45, 7) is 0.355. The fourth-order valence-corrected chi connectivity index (χ4v) is 4.14. The Labute approximate surface area is 204 Å². The van der Waals surface area contributed by atoms with Crippen LogP contribution < -0.4 is 15.5 Å². The predicted octanol–water partition coefficient (Wildman–Crippen LogP) is 4.16. The fourth-order valence-electron chi connectivity index (χ4n) is 3.76. The molecule has 2 aromatic carbocycles. The first-order valence-corrected chi connectivity index (χ1v) is 11.4. The maximum absolute atomic E-state index is 12.8. The predicted molar refractivity (Wildman–Crippen MR) is 132 cm³/mol. The van der Waals surface area contributed by atoms with Crippen LogP contribution in [0.25, 0.3) is 5.82 Å². The molecule has 5 rings (SSSR count). The van der Waals surface area contributed by atoms with E-state index in [2.05, 4.69) is 41.5 Å². The quantitative estimate of drug-likeness (QED) is 0.397. The molecule has 1 aliphatic heterocycles. The summed E-state index contributed by atoms with van der Waals surface area (Å²) in [5.74, 6) is 0.687. The first-order valence-electron chi connectivity index (χ1n) is 10.6. The number of carbonyl (C=O) groups is 2. The molecule has 0 radical (unpaired) electrons. The minimum absolute atomic E-state index is 0.0577. The van der Waals surface area contributed by atoms with Gasteiger partial charge < -0.3 is 15.5 Å². The first-order chi connectivity index (χ1) is 16.5. The van der Waals surface area contributed by atoms with Crippen molar-refractivity contribution >= 4 is 50.6 Å². The van der Waals surface area contributed by atoms with Gasteiger partial charge in [-0.25, -0.2) is 15.0 Å². The van der Waals surface area contributed by atoms with Crippen molar-refractivity contribution < 1.29 is 9.59 Å². The maximum atomic E-state index is 12.8. The van der Waals surface area contributed by atoms with Gasteiger partial charge in [-0.1, -0.05) is 22.0 Å². The summed E-state index contributed by atoms with van der Waals surface area (Å²) in [4.78, 5) is 39.4. The van der Waals surface area contributed by atoms with E-state index in [0.717, 1.165) is 15.8 Å². The minimum atomic E-state index is -0.410. The van der Waals surface area contributed by atoms with Crippen LogP contribution in [0.5, 0.6) is 0 Å². The largest absolute Gasteiger partial charge is 0.340 e. The highest BCUT2D eigenvalue weighted by Crippen LogP contribution is 2.28. The van der Waals surface area contributed by atoms with E-state index in [1.54, 1.807) is 40.3 Å². The molecule has 0 spiro atoms. The summed E-state index contributed by atoms with van der Waals surface area (Å²) in [5.41, 5.74) is 2.25. The Hall–Kier alpha value is -4.05. The fraction of sp³-hybridized carbons (Fsp3) is 0.125. The maximum Gasteiger partial charge on any atom is 0.229 e. The van der Waals surface area contributed by atoms with Crippen molar-refractivity contribution in [2.24, 2.45) is 5.92 Å². The van der Waals surface area contributed by atoms with Gasteiger partial charge in [-0.05, 0) is 42.5 Å². The molecule has 0 saturated carbocycles. The standard InChI is InChI=1S/C24H20BrN7O2/c25-17-2-1-3-20(11-17)32-13-16(10-23(32)33)24(34)30-19-6-4-18(5-7-19)29-21-12-22(28-14-27-21)31-9-8-26-15-31/h1-9,11-12,14-16H,10,13H2,(H,30,34)(H,27,28,29)/t16-/m0/s1. The van der Waals surface area contributed by atoms with Gasteiger partial charge in [0.05, 0.1) is 5.92 Å². The lowest BCUT2D eigenvalue weighted by atomic mass is 10.1. The van der Waals surface area contributed by atoms with E-state index >= 15 is 0 Å². The summed E-state index contributed by atoms with van der Waals surface area (Å²) in [5, 5.41) is 6.14. The van der Waals surface area contributed by atoms with Crippen LogP contribution in [-0.2, 0) is 9.59 Å². The molecule has 34 heavy (non-hydrogen) atoms. The van der Waals surface area contributed by atoms with Crippen molar-refractivity contribution in [3.63, 3.8) is 0 Å². The Kier molecular flexibility index (Phi) is 6.05. The molecule has 9 nitrogen and oxygen atoms in total. The van der Waals surface area contributed by atoms with E-state index in [9.17, 15) is 9.59 Å². The highest BCUT2D eigenvalue weighted by atomic mass is 79.9. The summed E-state index contributed by atoms with van der Waals surface area (Å²) >= 11 is 3.42. The number of nitrogens with zero attached hydrogens (tertiary/aromatic N) is 5. The molecule has 0 bridgehead atoms. The van der Waals surface area contributed by atoms with Crippen LogP contribution >= 0.6 is 15.9 Å². The minimum Gasteiger partial charge on any atom is -0.340 e. The van der Waals surface area contributed by atoms with Gasteiger partial charge in [-0.2, -0.15) is 0 Å². The summed E-state index contributed by atoms with van der Waals surface area (Å²) in [6.07, 6.45) is 6.82. The number of imidazole rings is 1. The number of hydrogen-bond acceptors (Lipinski definition) is 6. The van der Waals surface area contributed by atoms with E-state index in [1.807, 2.05) is 42.5 Å². The first kappa shape index (κ1) is 21.8. The van der Waals surface area contributed by atoms with Crippen molar-refractivity contribution in [3.8, 4) is 5.82 Å². The molecule has 3 heterocycles. The van der Waals surface area contributed by atoms with E-state index in [4.69, 9.17) is 0 Å². The van der Waals surface area contributed by atoms with Gasteiger partial charge in [0, 0.05) is 53.0 Å². The molecular formula is C24H20BrN7O2. The second-order valence-corrected chi connectivity index (χ2v) is 8.72. The van der Waals surface area contributed by atoms with Crippen LogP contribution in [0.2, 0.25) is 0 Å². The van der Waals surface area contributed by atoms with Crippen LogP contribution in [0.4, 0.5) is 22.9 Å². The highest BCUT2D eigenvalue weighted by molar-refractivity contribution is 9.10. The molecule has 1 atom stereocenters. The van der Waals surface area contributed by atoms with E-state index in [-0.39, 0.29) is 18.2 Å². The SMILES string of the molecule is O=C(Nc1ccc(Nc2cc(-n3ccnc3)ncn2)cc1)[C@H]1CC(=O)N(c2cccc(Br)c2)C1. The van der Waals surface area contributed by atoms with Gasteiger partial charge in [0.15, 0.2) is 0 Å². The number of benzene rings is 2. The molecule has 1 fully saturated rings. The molecule has 1 aliphatic rings. The summed E-state index contributed by atoms with van der Waals surface area (Å²) in [7, 11) is 0. The number of nitrogens with one attached hydrogen (secondary N) is 2. The Bertz CT molecular complexity index is 1330. The van der Waals surface area contributed by atoms with E-state index in [1.165, 1.54) is 6.33 Å². The normalized spacial score (nSPS) is 15.4. The molecule has 1 saturated heterocycles. The number of carbonyl (C=O) groups excluding carboxylic acids is 2. The third-order valence-corrected chi connectivity index (χ3v) is 5.96. The Morgan fingerprint density at radius 2 is 1.88 bits per heavy atom. The van der Waals surface area contributed by atoms with Crippen LogP contribution in [-0.4, -0.2) is 37.9 Å². The molecule has 0 unspecified atom stereocenters. The number of anilines is 4. The molecule has 2 amide bonds. The lowest BCUT2D eigenvalue weighted by molar-refractivity contribution is -0.122. The van der Waals surface area contributed by atoms with Crippen molar-refractivity contribution in [3.05, 3.63) is 84.1 Å². The van der Waals surface area contributed by atoms with E-state index < -0.39 is 5.92 Å². The third-order valence-electron chi connectivity index (χ3n) is 5.46. The van der Waals surface area contributed by atoms with Gasteiger partial charge in [0.1, 0.15) is 24.3 Å². The van der Waals surface area contributed by atoms with Gasteiger partial charge >= 0.3 is 0 Å². The molecule has 2 N–H and O–H groups in total. The second-order valence-electron chi connectivity index (χ2n) is 7.81. The lowest BCUT2D eigenvalue weighted by Gasteiger charge is -2.17. The Morgan fingerprint density at radius 3 is 2.65 bits per heavy atom. The Morgan fingerprint density at radius 1 is 1.06 bits per heavy atom. The lowest BCUT2D eigenvalue weighted by Crippen LogP contribution is -2.28. The number of rotatable bonds is 6. The van der Waals surface area contributed by atoms with Gasteiger partial charge in [0.25, 0.3) is 0 Å². The van der Waals surface area contributed by atoms with E-state index in [0.29, 0.717) is 23.9 Å².